The predicted octanol–water partition coefficient (Wildman–Crippen LogP) is 4.02. The molecule has 152 valence electrons. The summed E-state index contributed by atoms with van der Waals surface area (Å²) in [6.07, 6.45) is 0. The van der Waals surface area contributed by atoms with Gasteiger partial charge in [0.25, 0.3) is 5.91 Å². The molecule has 0 saturated carbocycles. The number of carbonyl (C=O) groups is 1. The van der Waals surface area contributed by atoms with E-state index in [0.29, 0.717) is 0 Å². The third kappa shape index (κ3) is 5.56. The molecule has 0 fully saturated rings. The second-order valence-electron chi connectivity index (χ2n) is 8.82. The van der Waals surface area contributed by atoms with Crippen molar-refractivity contribution in [2.45, 2.75) is 57.4 Å². The molecule has 2 aromatic rings. The molecule has 28 heavy (non-hydrogen) atoms. The Kier molecular flexibility index (Phi) is 5.92. The number of hydrogen-bond acceptors (Lipinski definition) is 4. The lowest BCUT2D eigenvalue weighted by molar-refractivity contribution is 0.102. The van der Waals surface area contributed by atoms with E-state index in [9.17, 15) is 18.3 Å². The van der Waals surface area contributed by atoms with Crippen LogP contribution < -0.4 is 10.0 Å². The van der Waals surface area contributed by atoms with Crippen LogP contribution in [0, 0.1) is 0 Å². The monoisotopic (exact) mass is 404 g/mol. The molecule has 0 saturated heterocycles. The summed E-state index contributed by atoms with van der Waals surface area (Å²) in [5.41, 5.74) is 0.609. The quantitative estimate of drug-likeness (QED) is 0.671. The molecule has 2 aromatic carbocycles. The summed E-state index contributed by atoms with van der Waals surface area (Å²) in [6, 6.07) is 10.8. The van der Waals surface area contributed by atoms with Gasteiger partial charge >= 0.3 is 0 Å². The molecule has 0 radical (unpaired) electrons. The van der Waals surface area contributed by atoms with E-state index in [1.165, 1.54) is 30.3 Å². The maximum Gasteiger partial charge on any atom is 0.255 e. The summed E-state index contributed by atoms with van der Waals surface area (Å²) >= 11 is 0. The summed E-state index contributed by atoms with van der Waals surface area (Å²) in [7, 11) is -3.76. The lowest BCUT2D eigenvalue weighted by atomic mass is 9.87. The Balaban J connectivity index is 2.32. The van der Waals surface area contributed by atoms with Crippen molar-refractivity contribution < 1.29 is 18.3 Å². The first-order valence-corrected chi connectivity index (χ1v) is 10.5. The van der Waals surface area contributed by atoms with Crippen LogP contribution in [0.3, 0.4) is 0 Å². The molecule has 3 N–H and O–H groups in total. The van der Waals surface area contributed by atoms with Crippen LogP contribution in [0.5, 0.6) is 5.75 Å². The van der Waals surface area contributed by atoms with E-state index in [4.69, 9.17) is 0 Å². The Morgan fingerprint density at radius 1 is 0.964 bits per heavy atom. The van der Waals surface area contributed by atoms with Gasteiger partial charge in [-0.25, -0.2) is 13.1 Å². The molecule has 6 nitrogen and oxygen atoms in total. The predicted molar refractivity (Wildman–Crippen MR) is 111 cm³/mol. The highest BCUT2D eigenvalue weighted by molar-refractivity contribution is 7.89. The van der Waals surface area contributed by atoms with Crippen LogP contribution in [0.25, 0.3) is 0 Å². The van der Waals surface area contributed by atoms with Crippen molar-refractivity contribution in [2.24, 2.45) is 0 Å². The Labute approximate surface area is 167 Å². The highest BCUT2D eigenvalue weighted by atomic mass is 32.2. The highest BCUT2D eigenvalue weighted by Crippen LogP contribution is 2.31. The number of phenolic OH excluding ortho intramolecular Hbond substituents is 1. The maximum absolute atomic E-state index is 12.7. The smallest absolute Gasteiger partial charge is 0.255 e. The van der Waals surface area contributed by atoms with Crippen molar-refractivity contribution in [3.8, 4) is 5.75 Å². The Morgan fingerprint density at radius 2 is 1.61 bits per heavy atom. The van der Waals surface area contributed by atoms with Gasteiger partial charge in [-0.05, 0) is 62.1 Å². The van der Waals surface area contributed by atoms with E-state index in [0.717, 1.165) is 5.56 Å². The molecule has 2 rings (SSSR count). The van der Waals surface area contributed by atoms with Crippen molar-refractivity contribution in [1.29, 1.82) is 0 Å². The third-order valence-corrected chi connectivity index (χ3v) is 5.71. The second kappa shape index (κ2) is 7.56. The lowest BCUT2D eigenvalue weighted by Crippen LogP contribution is -2.40. The first-order chi connectivity index (χ1) is 12.7. The molecule has 0 aliphatic heterocycles. The number of benzene rings is 2. The first-order valence-electron chi connectivity index (χ1n) is 8.98. The molecule has 0 heterocycles. The standard InChI is InChI=1S/C21H28N2O4S/c1-20(2,3)15-10-11-18(24)17(13-15)22-19(25)14-8-7-9-16(12-14)28(26,27)23-21(4,5)6/h7-13,23-24H,1-6H3,(H,22,25). The number of nitrogens with one attached hydrogen (secondary N) is 2. The van der Waals surface area contributed by atoms with E-state index in [-0.39, 0.29) is 27.3 Å². The zero-order valence-corrected chi connectivity index (χ0v) is 17.9. The van der Waals surface area contributed by atoms with E-state index in [1.54, 1.807) is 32.9 Å². The van der Waals surface area contributed by atoms with Crippen LogP contribution in [-0.2, 0) is 15.4 Å². The molecule has 7 heteroatoms. The van der Waals surface area contributed by atoms with Crippen LogP contribution in [0.4, 0.5) is 5.69 Å². The molecule has 0 aliphatic carbocycles. The zero-order valence-electron chi connectivity index (χ0n) is 17.1. The average molecular weight is 405 g/mol. The van der Waals surface area contributed by atoms with Crippen molar-refractivity contribution in [3.63, 3.8) is 0 Å². The Hall–Kier alpha value is -2.38. The van der Waals surface area contributed by atoms with Gasteiger partial charge in [-0.3, -0.25) is 4.79 Å². The SMILES string of the molecule is CC(C)(C)NS(=O)(=O)c1cccc(C(=O)Nc2cc(C(C)(C)C)ccc2O)c1. The van der Waals surface area contributed by atoms with Crippen molar-refractivity contribution in [2.75, 3.05) is 5.32 Å². The minimum atomic E-state index is -3.76. The zero-order chi connectivity index (χ0) is 21.3. The molecular weight excluding hydrogens is 376 g/mol. The number of rotatable bonds is 4. The van der Waals surface area contributed by atoms with Gasteiger partial charge in [0.2, 0.25) is 10.0 Å². The van der Waals surface area contributed by atoms with Gasteiger partial charge in [0, 0.05) is 11.1 Å². The molecule has 0 spiro atoms. The van der Waals surface area contributed by atoms with Gasteiger partial charge < -0.3 is 10.4 Å². The third-order valence-electron chi connectivity index (χ3n) is 3.96. The molecule has 1 amide bonds. The largest absolute Gasteiger partial charge is 0.506 e. The summed E-state index contributed by atoms with van der Waals surface area (Å²) in [4.78, 5) is 12.7. The molecular formula is C21H28N2O4S. The normalized spacial score (nSPS) is 12.6. The molecule has 0 bridgehead atoms. The summed E-state index contributed by atoms with van der Waals surface area (Å²) < 4.78 is 27.6. The van der Waals surface area contributed by atoms with E-state index in [1.807, 2.05) is 20.8 Å². The highest BCUT2D eigenvalue weighted by Gasteiger charge is 2.23. The number of hydrogen-bond donors (Lipinski definition) is 3. The van der Waals surface area contributed by atoms with Gasteiger partial charge in [0.15, 0.2) is 0 Å². The first kappa shape index (κ1) is 21.9. The minimum Gasteiger partial charge on any atom is -0.506 e. The lowest BCUT2D eigenvalue weighted by Gasteiger charge is -2.21. The molecule has 0 aromatic heterocycles. The Bertz CT molecular complexity index is 984. The van der Waals surface area contributed by atoms with Crippen LogP contribution in [0.1, 0.15) is 57.5 Å². The summed E-state index contributed by atoms with van der Waals surface area (Å²) in [5, 5.41) is 12.7. The number of carbonyl (C=O) groups excluding carboxylic acids is 1. The molecule has 0 aliphatic rings. The Morgan fingerprint density at radius 3 is 2.18 bits per heavy atom. The van der Waals surface area contributed by atoms with Crippen LogP contribution >= 0.6 is 0 Å². The van der Waals surface area contributed by atoms with E-state index < -0.39 is 21.5 Å². The van der Waals surface area contributed by atoms with Gasteiger partial charge in [-0.2, -0.15) is 0 Å². The summed E-state index contributed by atoms with van der Waals surface area (Å²) in [5.74, 6) is -0.561. The molecule has 0 atom stereocenters. The number of amides is 1. The number of sulfonamides is 1. The van der Waals surface area contributed by atoms with E-state index >= 15 is 0 Å². The van der Waals surface area contributed by atoms with Gasteiger partial charge in [-0.15, -0.1) is 0 Å². The van der Waals surface area contributed by atoms with E-state index in [2.05, 4.69) is 10.0 Å². The van der Waals surface area contributed by atoms with Crippen molar-refractivity contribution >= 4 is 21.6 Å². The number of anilines is 1. The number of phenols is 1. The van der Waals surface area contributed by atoms with Crippen molar-refractivity contribution in [1.82, 2.24) is 4.72 Å². The topological polar surface area (TPSA) is 95.5 Å². The maximum atomic E-state index is 12.7. The van der Waals surface area contributed by atoms with Gasteiger partial charge in [0.1, 0.15) is 5.75 Å². The van der Waals surface area contributed by atoms with Crippen molar-refractivity contribution in [3.05, 3.63) is 53.6 Å². The van der Waals surface area contributed by atoms with Crippen LogP contribution in [0.15, 0.2) is 47.4 Å². The fourth-order valence-corrected chi connectivity index (χ4v) is 4.03. The fraction of sp³-hybridized carbons (Fsp3) is 0.381. The molecule has 0 unspecified atom stereocenters. The van der Waals surface area contributed by atoms with Crippen LogP contribution in [0.2, 0.25) is 0 Å². The van der Waals surface area contributed by atoms with Gasteiger partial charge in [-0.1, -0.05) is 32.9 Å². The average Bonchev–Trinajstić information content (AvgIpc) is 2.53. The van der Waals surface area contributed by atoms with Crippen LogP contribution in [-0.4, -0.2) is 25.0 Å². The second-order valence-corrected chi connectivity index (χ2v) is 10.5. The fourth-order valence-electron chi connectivity index (χ4n) is 2.56. The number of aromatic hydroxyl groups is 1. The summed E-state index contributed by atoms with van der Waals surface area (Å²) in [6.45, 7) is 11.3. The minimum absolute atomic E-state index is 0.00254. The van der Waals surface area contributed by atoms with Gasteiger partial charge in [0.05, 0.1) is 10.6 Å².